The van der Waals surface area contributed by atoms with Gasteiger partial charge < -0.3 is 23.7 Å². The first-order valence-corrected chi connectivity index (χ1v) is 15.7. The highest BCUT2D eigenvalue weighted by molar-refractivity contribution is 7.87. The van der Waals surface area contributed by atoms with Crippen LogP contribution in [-0.2, 0) is 52.3 Å². The highest BCUT2D eigenvalue weighted by Gasteiger charge is 2.37. The lowest BCUT2D eigenvalue weighted by atomic mass is 9.92. The van der Waals surface area contributed by atoms with Crippen LogP contribution in [0.3, 0.4) is 0 Å². The van der Waals surface area contributed by atoms with Gasteiger partial charge in [-0.3, -0.25) is 8.37 Å². The third-order valence-corrected chi connectivity index (χ3v) is 8.52. The van der Waals surface area contributed by atoms with Gasteiger partial charge in [-0.2, -0.15) is 16.8 Å². The number of aryl methyl sites for hydroxylation is 2. The first kappa shape index (κ1) is 32.6. The van der Waals surface area contributed by atoms with E-state index in [-0.39, 0.29) is 49.4 Å². The normalized spacial score (nSPS) is 18.8. The molecule has 0 N–H and O–H groups in total. The summed E-state index contributed by atoms with van der Waals surface area (Å²) in [6.07, 6.45) is 0. The summed E-state index contributed by atoms with van der Waals surface area (Å²) in [5.41, 5.74) is 0.469. The van der Waals surface area contributed by atoms with Crippen LogP contribution in [0.25, 0.3) is 0 Å². The van der Waals surface area contributed by atoms with Crippen molar-refractivity contribution in [1.82, 2.24) is 0 Å². The van der Waals surface area contributed by atoms with E-state index >= 15 is 0 Å². The first-order chi connectivity index (χ1) is 19.1. The summed E-state index contributed by atoms with van der Waals surface area (Å²) < 4.78 is 90.9. The topological polar surface area (TPSA) is 133 Å². The van der Waals surface area contributed by atoms with Crippen molar-refractivity contribution in [3.05, 3.63) is 59.7 Å². The van der Waals surface area contributed by atoms with Crippen molar-refractivity contribution in [3.8, 4) is 0 Å². The lowest BCUT2D eigenvalue weighted by Crippen LogP contribution is -2.43. The number of rotatable bonds is 8. The molecule has 0 spiro atoms. The summed E-state index contributed by atoms with van der Waals surface area (Å²) >= 11 is 0. The molecule has 1 saturated heterocycles. The van der Waals surface area contributed by atoms with Gasteiger partial charge in [0.25, 0.3) is 20.2 Å². The van der Waals surface area contributed by atoms with Crippen LogP contribution in [0, 0.1) is 19.3 Å². The molecule has 0 bridgehead atoms. The van der Waals surface area contributed by atoms with Crippen LogP contribution >= 0.6 is 0 Å². The molecular weight excluding hydrogens is 564 g/mol. The van der Waals surface area contributed by atoms with E-state index in [1.165, 1.54) is 24.3 Å². The maximum Gasteiger partial charge on any atom is 0.296 e. The van der Waals surface area contributed by atoms with E-state index < -0.39 is 38.9 Å². The van der Waals surface area contributed by atoms with Gasteiger partial charge in [0.1, 0.15) is 0 Å². The molecule has 0 aromatic heterocycles. The molecule has 1 aliphatic heterocycles. The monoisotopic (exact) mass is 602 g/mol. The summed E-state index contributed by atoms with van der Waals surface area (Å²) in [4.78, 5) is -0.0546. The molecule has 1 aliphatic rings. The van der Waals surface area contributed by atoms with E-state index in [1.807, 2.05) is 13.8 Å². The molecule has 0 aliphatic carbocycles. The Bertz CT molecular complexity index is 1130. The quantitative estimate of drug-likeness (QED) is 0.413. The van der Waals surface area contributed by atoms with Crippen LogP contribution in [0.5, 0.6) is 0 Å². The van der Waals surface area contributed by atoms with E-state index in [9.17, 15) is 16.8 Å². The molecule has 13 heteroatoms. The second kappa shape index (κ2) is 15.9. The molecule has 0 radical (unpaired) electrons. The predicted molar refractivity (Wildman–Crippen MR) is 145 cm³/mol. The van der Waals surface area contributed by atoms with E-state index in [1.54, 1.807) is 24.3 Å². The van der Waals surface area contributed by atoms with Crippen molar-refractivity contribution in [1.29, 1.82) is 0 Å². The second-order valence-corrected chi connectivity index (χ2v) is 12.7. The standard InChI is InChI=1S/C27H38O11S2/c1-23-3-7-25(8-4-23)39(28,29)37-21-27(22-38-40(30,31)26-9-5-24(2)6-10-26)19-35-17-15-33-13-11-32-12-14-34-16-18-36-20-27/h3-10H,11-22H2,1-2H3. The number of hydrogen-bond donors (Lipinski definition) is 0. The lowest BCUT2D eigenvalue weighted by molar-refractivity contribution is -0.0856. The Morgan fingerprint density at radius 1 is 0.550 bits per heavy atom. The van der Waals surface area contributed by atoms with Crippen LogP contribution in [0.1, 0.15) is 11.1 Å². The molecule has 1 fully saturated rings. The number of ether oxygens (including phenoxy) is 5. The highest BCUT2D eigenvalue weighted by Crippen LogP contribution is 2.26. The second-order valence-electron chi connectivity index (χ2n) is 9.50. The van der Waals surface area contributed by atoms with Crippen molar-refractivity contribution in [2.45, 2.75) is 23.6 Å². The molecule has 1 heterocycles. The minimum absolute atomic E-state index is 0.0273. The molecule has 0 saturated carbocycles. The maximum absolute atomic E-state index is 13.0. The highest BCUT2D eigenvalue weighted by atomic mass is 32.2. The first-order valence-electron chi connectivity index (χ1n) is 12.9. The van der Waals surface area contributed by atoms with Gasteiger partial charge in [0.2, 0.25) is 0 Å². The SMILES string of the molecule is Cc1ccc(S(=O)(=O)OCC2(COS(=O)(=O)c3ccc(C)cc3)COCCOCCOCCOCCOC2)cc1. The van der Waals surface area contributed by atoms with Crippen LogP contribution < -0.4 is 0 Å². The number of hydrogen-bond acceptors (Lipinski definition) is 11. The van der Waals surface area contributed by atoms with Crippen LogP contribution in [-0.4, -0.2) is 96.1 Å². The zero-order valence-electron chi connectivity index (χ0n) is 22.9. The molecule has 11 nitrogen and oxygen atoms in total. The van der Waals surface area contributed by atoms with Gasteiger partial charge in [-0.05, 0) is 38.1 Å². The van der Waals surface area contributed by atoms with Crippen LogP contribution in [0.4, 0.5) is 0 Å². The fraction of sp³-hybridized carbons (Fsp3) is 0.556. The number of benzene rings is 2. The molecular formula is C27H38O11S2. The van der Waals surface area contributed by atoms with Crippen molar-refractivity contribution < 1.29 is 48.9 Å². The van der Waals surface area contributed by atoms with Gasteiger partial charge in [0, 0.05) is 0 Å². The zero-order chi connectivity index (χ0) is 28.9. The van der Waals surface area contributed by atoms with Crippen molar-refractivity contribution in [2.75, 3.05) is 79.3 Å². The van der Waals surface area contributed by atoms with Gasteiger partial charge in [-0.25, -0.2) is 0 Å². The summed E-state index contributed by atoms with van der Waals surface area (Å²) in [7, 11) is -8.35. The zero-order valence-corrected chi connectivity index (χ0v) is 24.5. The average Bonchev–Trinajstić information content (AvgIpc) is 2.92. The lowest BCUT2D eigenvalue weighted by Gasteiger charge is -2.32. The Morgan fingerprint density at radius 3 is 1.18 bits per heavy atom. The Morgan fingerprint density at radius 2 is 0.850 bits per heavy atom. The van der Waals surface area contributed by atoms with Crippen molar-refractivity contribution in [2.24, 2.45) is 5.41 Å². The third kappa shape index (κ3) is 10.8. The smallest absolute Gasteiger partial charge is 0.296 e. The van der Waals surface area contributed by atoms with E-state index in [0.717, 1.165) is 11.1 Å². The minimum Gasteiger partial charge on any atom is -0.378 e. The maximum atomic E-state index is 13.0. The summed E-state index contributed by atoms with van der Waals surface area (Å²) in [5, 5.41) is 0. The molecule has 2 aromatic rings. The van der Waals surface area contributed by atoms with E-state index in [2.05, 4.69) is 0 Å². The van der Waals surface area contributed by atoms with Gasteiger partial charge in [0.15, 0.2) is 0 Å². The molecule has 3 rings (SSSR count). The van der Waals surface area contributed by atoms with Crippen LogP contribution in [0.2, 0.25) is 0 Å². The average molecular weight is 603 g/mol. The Labute approximate surface area is 236 Å². The molecule has 0 unspecified atom stereocenters. The van der Waals surface area contributed by atoms with Gasteiger partial charge in [0.05, 0.1) is 94.5 Å². The van der Waals surface area contributed by atoms with Crippen molar-refractivity contribution in [3.63, 3.8) is 0 Å². The molecule has 0 amide bonds. The summed E-state index contributed by atoms with van der Waals surface area (Å²) in [6, 6.07) is 12.4. The minimum atomic E-state index is -4.17. The molecule has 0 atom stereocenters. The fourth-order valence-corrected chi connectivity index (χ4v) is 5.58. The van der Waals surface area contributed by atoms with Crippen molar-refractivity contribution >= 4 is 20.2 Å². The van der Waals surface area contributed by atoms with E-state index in [4.69, 9.17) is 32.1 Å². The Hall–Kier alpha value is -1.94. The van der Waals surface area contributed by atoms with Gasteiger partial charge in [-0.15, -0.1) is 0 Å². The Balaban J connectivity index is 1.81. The summed E-state index contributed by atoms with van der Waals surface area (Å²) in [6.45, 7) is 4.90. The Kier molecular flexibility index (Phi) is 12.9. The fourth-order valence-electron chi connectivity index (χ4n) is 3.56. The van der Waals surface area contributed by atoms with E-state index in [0.29, 0.717) is 26.4 Å². The summed E-state index contributed by atoms with van der Waals surface area (Å²) in [5.74, 6) is 0. The third-order valence-electron chi connectivity index (χ3n) is 5.96. The predicted octanol–water partition coefficient (Wildman–Crippen LogP) is 2.50. The van der Waals surface area contributed by atoms with Gasteiger partial charge in [-0.1, -0.05) is 35.4 Å². The molecule has 2 aromatic carbocycles. The van der Waals surface area contributed by atoms with Crippen LogP contribution in [0.15, 0.2) is 58.3 Å². The largest absolute Gasteiger partial charge is 0.378 e. The van der Waals surface area contributed by atoms with Gasteiger partial charge >= 0.3 is 0 Å². The molecule has 40 heavy (non-hydrogen) atoms. The molecule has 224 valence electrons.